The number of aliphatic hydroxyl groups is 2. The van der Waals surface area contributed by atoms with E-state index in [0.717, 1.165) is 74.4 Å². The lowest BCUT2D eigenvalue weighted by molar-refractivity contribution is -0.145. The molecule has 0 bridgehead atoms. The summed E-state index contributed by atoms with van der Waals surface area (Å²) in [6, 6.07) is 0. The van der Waals surface area contributed by atoms with Crippen molar-refractivity contribution in [1.82, 2.24) is 0 Å². The van der Waals surface area contributed by atoms with Crippen molar-refractivity contribution in [3.8, 4) is 0 Å². The molecule has 5 unspecified atom stereocenters. The van der Waals surface area contributed by atoms with Crippen LogP contribution in [-0.4, -0.2) is 62.4 Å². The van der Waals surface area contributed by atoms with Crippen LogP contribution in [0, 0.1) is 71.0 Å². The Labute approximate surface area is 463 Å². The lowest BCUT2D eigenvalue weighted by Crippen LogP contribution is -2.25. The van der Waals surface area contributed by atoms with E-state index in [1.54, 1.807) is 6.92 Å². The normalized spacial score (nSPS) is 11.8. The van der Waals surface area contributed by atoms with Gasteiger partial charge in [0.05, 0.1) is 17.9 Å². The number of carbonyl (C=O) groups excluding carboxylic acids is 1. The second-order valence-electron chi connectivity index (χ2n) is 22.5. The summed E-state index contributed by atoms with van der Waals surface area (Å²) in [7, 11) is 0. The second-order valence-corrected chi connectivity index (χ2v) is 22.5. The molecule has 0 amide bonds. The SMILES string of the molecule is C.C.C.C.C.C.C.CC(C)CCC(=O)O.CC(C)CCC(O)C(C)C(=O)O.CC(C)CCCC(C)C.CC(C)CCCC(C)C(=O)O.CC(C)CCCC(C)C=O.CC(C)CCCC(C)CO.CCCC(C)C. The molecular formula is C64H148O9. The van der Waals surface area contributed by atoms with Gasteiger partial charge in [-0.2, -0.15) is 0 Å². The summed E-state index contributed by atoms with van der Waals surface area (Å²) >= 11 is 0. The maximum absolute atomic E-state index is 10.4. The van der Waals surface area contributed by atoms with Crippen molar-refractivity contribution in [1.29, 1.82) is 0 Å². The van der Waals surface area contributed by atoms with Crippen LogP contribution in [0.3, 0.4) is 0 Å². The van der Waals surface area contributed by atoms with Crippen molar-refractivity contribution < 1.29 is 44.7 Å². The van der Waals surface area contributed by atoms with Gasteiger partial charge in [-0.3, -0.25) is 14.4 Å². The van der Waals surface area contributed by atoms with E-state index in [9.17, 15) is 24.3 Å². The number of rotatable bonds is 29. The lowest BCUT2D eigenvalue weighted by atomic mass is 9.97. The standard InChI is InChI=1S/C9H18O3.C9H18O2.C9H20O.C9H18O.C9H20.C6H12O2.C6H14.7CH4/c1-6(2)4-5-8(10)7(3)9(11)12;1-7(2)5-4-6-8(3)9(10)11;2*1-8(2)5-4-6-9(3)7-10;1-8(2)6-5-7-9(3)4;1-5(2)3-4-6(7)8;1-4-5-6(2)3;;;;;;;/h6-8,10H,4-5H2,1-3H3,(H,11,12);7-8H,4-6H2,1-3H3,(H,10,11);8-10H,4-7H2,1-3H3;7-9H,4-6H2,1-3H3;8-9H,5-7H2,1-4H3;5H,3-4H2,1-2H3,(H,7,8);6H,4-5H2,1-3H3;7*1H4. The van der Waals surface area contributed by atoms with Gasteiger partial charge < -0.3 is 30.3 Å². The van der Waals surface area contributed by atoms with E-state index in [0.29, 0.717) is 43.1 Å². The molecule has 9 nitrogen and oxygen atoms in total. The third-order valence-electron chi connectivity index (χ3n) is 10.7. The fraction of sp³-hybridized carbons (Fsp3) is 0.938. The number of hydrogen-bond acceptors (Lipinski definition) is 6. The van der Waals surface area contributed by atoms with Gasteiger partial charge in [-0.1, -0.05) is 261 Å². The van der Waals surface area contributed by atoms with Crippen LogP contribution in [0.2, 0.25) is 0 Å². The highest BCUT2D eigenvalue weighted by molar-refractivity contribution is 5.70. The van der Waals surface area contributed by atoms with Crippen LogP contribution in [0.15, 0.2) is 0 Å². The highest BCUT2D eigenvalue weighted by Crippen LogP contribution is 2.15. The fourth-order valence-electron chi connectivity index (χ4n) is 5.68. The van der Waals surface area contributed by atoms with Crippen LogP contribution < -0.4 is 0 Å². The molecule has 0 fully saturated rings. The third kappa shape index (κ3) is 124. The molecule has 0 heterocycles. The molecule has 0 aromatic rings. The fourth-order valence-corrected chi connectivity index (χ4v) is 5.68. The molecule has 9 heteroatoms. The first-order chi connectivity index (χ1) is 30.3. The topological polar surface area (TPSA) is 169 Å². The van der Waals surface area contributed by atoms with Crippen LogP contribution in [0.5, 0.6) is 0 Å². The third-order valence-corrected chi connectivity index (χ3v) is 10.7. The van der Waals surface area contributed by atoms with Gasteiger partial charge in [0.25, 0.3) is 0 Å². The number of aliphatic hydroxyl groups excluding tert-OH is 2. The van der Waals surface area contributed by atoms with Crippen molar-refractivity contribution in [2.75, 3.05) is 6.61 Å². The van der Waals surface area contributed by atoms with E-state index in [-0.39, 0.29) is 63.8 Å². The van der Waals surface area contributed by atoms with E-state index in [2.05, 4.69) is 111 Å². The molecule has 0 aromatic carbocycles. The van der Waals surface area contributed by atoms with Gasteiger partial charge in [0.1, 0.15) is 6.29 Å². The Kier molecular flexibility index (Phi) is 112. The summed E-state index contributed by atoms with van der Waals surface area (Å²) in [5, 5.41) is 43.3. The van der Waals surface area contributed by atoms with Crippen LogP contribution in [0.25, 0.3) is 0 Å². The zero-order valence-electron chi connectivity index (χ0n) is 47.9. The molecule has 0 aliphatic rings. The molecule has 0 spiro atoms. The van der Waals surface area contributed by atoms with Gasteiger partial charge >= 0.3 is 17.9 Å². The molecule has 0 radical (unpaired) electrons. The van der Waals surface area contributed by atoms with Crippen molar-refractivity contribution in [2.45, 2.75) is 319 Å². The number of aliphatic carboxylic acids is 3. The van der Waals surface area contributed by atoms with Gasteiger partial charge in [-0.15, -0.1) is 0 Å². The number of carbonyl (C=O) groups is 4. The minimum atomic E-state index is -0.925. The largest absolute Gasteiger partial charge is 0.481 e. The molecule has 458 valence electrons. The Balaban J connectivity index is -0.0000000460. The molecule has 0 aromatic heterocycles. The van der Waals surface area contributed by atoms with Crippen LogP contribution in [0.4, 0.5) is 0 Å². The zero-order valence-corrected chi connectivity index (χ0v) is 47.9. The first kappa shape index (κ1) is 107. The molecule has 5 N–H and O–H groups in total. The number of aldehydes is 1. The lowest BCUT2D eigenvalue weighted by Gasteiger charge is -2.15. The molecule has 0 saturated carbocycles. The summed E-state index contributed by atoms with van der Waals surface area (Å²) < 4.78 is 0. The Bertz CT molecular complexity index is 997. The van der Waals surface area contributed by atoms with E-state index in [1.807, 2.05) is 20.8 Å². The van der Waals surface area contributed by atoms with Crippen LogP contribution >= 0.6 is 0 Å². The molecule has 0 aliphatic carbocycles. The van der Waals surface area contributed by atoms with Crippen LogP contribution in [0.1, 0.15) is 313 Å². The monoisotopic (exact) mass is 1060 g/mol. The molecule has 0 aliphatic heterocycles. The predicted molar refractivity (Wildman–Crippen MR) is 333 cm³/mol. The molecular weight excluding hydrogens is 913 g/mol. The Morgan fingerprint density at radius 1 is 0.397 bits per heavy atom. The van der Waals surface area contributed by atoms with E-state index >= 15 is 0 Å². The minimum Gasteiger partial charge on any atom is -0.481 e. The average Bonchev–Trinajstić information content (AvgIpc) is 3.19. The summed E-state index contributed by atoms with van der Waals surface area (Å²) in [4.78, 5) is 40.9. The Morgan fingerprint density at radius 2 is 0.699 bits per heavy atom. The van der Waals surface area contributed by atoms with E-state index in [1.165, 1.54) is 71.1 Å². The summed E-state index contributed by atoms with van der Waals surface area (Å²) in [5.41, 5.74) is 0. The smallest absolute Gasteiger partial charge is 0.308 e. The maximum Gasteiger partial charge on any atom is 0.308 e. The van der Waals surface area contributed by atoms with E-state index in [4.69, 9.17) is 20.4 Å². The predicted octanol–water partition coefficient (Wildman–Crippen LogP) is 21.0. The highest BCUT2D eigenvalue weighted by atomic mass is 16.4. The Hall–Kier alpha value is -2.00. The average molecular weight is 1060 g/mol. The van der Waals surface area contributed by atoms with Gasteiger partial charge in [0.2, 0.25) is 0 Å². The van der Waals surface area contributed by atoms with Gasteiger partial charge in [-0.05, 0) is 98.7 Å². The summed E-state index contributed by atoms with van der Waals surface area (Å²) in [5.74, 6) is 3.63. The summed E-state index contributed by atoms with van der Waals surface area (Å²) in [6.45, 7) is 45.0. The zero-order chi connectivity index (χ0) is 53.4. The minimum absolute atomic E-state index is 0. The van der Waals surface area contributed by atoms with Crippen molar-refractivity contribution in [3.63, 3.8) is 0 Å². The van der Waals surface area contributed by atoms with Crippen molar-refractivity contribution in [2.24, 2.45) is 71.0 Å². The molecule has 5 atom stereocenters. The van der Waals surface area contributed by atoms with Crippen molar-refractivity contribution >= 4 is 24.2 Å². The first-order valence-electron chi connectivity index (χ1n) is 26.8. The van der Waals surface area contributed by atoms with E-state index < -0.39 is 29.9 Å². The number of carboxylic acid groups (broad SMARTS) is 3. The van der Waals surface area contributed by atoms with Gasteiger partial charge in [-0.25, -0.2) is 0 Å². The molecule has 73 heavy (non-hydrogen) atoms. The quantitative estimate of drug-likeness (QED) is 0.0458. The van der Waals surface area contributed by atoms with Gasteiger partial charge in [0, 0.05) is 18.9 Å². The van der Waals surface area contributed by atoms with Crippen molar-refractivity contribution in [3.05, 3.63) is 0 Å². The van der Waals surface area contributed by atoms with Crippen LogP contribution in [-0.2, 0) is 19.2 Å². The molecule has 0 rings (SSSR count). The first-order valence-corrected chi connectivity index (χ1v) is 26.8. The summed E-state index contributed by atoms with van der Waals surface area (Å²) in [6.07, 6.45) is 20.0. The maximum atomic E-state index is 10.4. The number of carboxylic acids is 3. The van der Waals surface area contributed by atoms with Gasteiger partial charge in [0.15, 0.2) is 0 Å². The molecule has 0 saturated heterocycles. The second kappa shape index (κ2) is 76.5. The highest BCUT2D eigenvalue weighted by Gasteiger charge is 2.20. The number of hydrogen-bond donors (Lipinski definition) is 5. The Morgan fingerprint density at radius 3 is 0.918 bits per heavy atom.